The van der Waals surface area contributed by atoms with Gasteiger partial charge in [-0.1, -0.05) is 48.0 Å². The zero-order valence-electron chi connectivity index (χ0n) is 14.3. The minimum Gasteiger partial charge on any atom is -0.316 e. The third-order valence-corrected chi connectivity index (χ3v) is 3.13. The molecule has 0 fully saturated rings. The van der Waals surface area contributed by atoms with Gasteiger partial charge in [0, 0.05) is 13.1 Å². The summed E-state index contributed by atoms with van der Waals surface area (Å²) in [5.41, 5.74) is 0. The number of nitrogens with one attached hydrogen (secondary N) is 1. The molecule has 0 aromatic heterocycles. The maximum absolute atomic E-state index is 3.52. The summed E-state index contributed by atoms with van der Waals surface area (Å²) in [5.74, 6) is 2.34. The van der Waals surface area contributed by atoms with Crippen molar-refractivity contribution in [2.45, 2.75) is 60.8 Å². The Hall–Kier alpha value is -0.0800. The molecule has 0 aliphatic carbocycles. The molecule has 0 spiro atoms. The smallest absolute Gasteiger partial charge is 0.000449 e. The third-order valence-electron chi connectivity index (χ3n) is 3.13. The van der Waals surface area contributed by atoms with Crippen LogP contribution in [0.1, 0.15) is 60.8 Å². The summed E-state index contributed by atoms with van der Waals surface area (Å²) < 4.78 is 0. The van der Waals surface area contributed by atoms with E-state index < -0.39 is 0 Å². The minimum absolute atomic E-state index is 0.771. The molecule has 0 aromatic rings. The zero-order valence-corrected chi connectivity index (χ0v) is 14.3. The summed E-state index contributed by atoms with van der Waals surface area (Å²) >= 11 is 0. The number of hydrogen-bond donors (Lipinski definition) is 1. The summed E-state index contributed by atoms with van der Waals surface area (Å²) in [4.78, 5) is 2.65. The van der Waals surface area contributed by atoms with Crippen molar-refractivity contribution in [1.82, 2.24) is 10.2 Å². The lowest BCUT2D eigenvalue weighted by Gasteiger charge is -2.26. The summed E-state index contributed by atoms with van der Waals surface area (Å²) in [5, 5.41) is 3.52. The van der Waals surface area contributed by atoms with Crippen LogP contribution in [-0.2, 0) is 0 Å². The number of rotatable bonds is 12. The van der Waals surface area contributed by atoms with E-state index in [1.165, 1.54) is 45.4 Å². The van der Waals surface area contributed by atoms with E-state index >= 15 is 0 Å². The molecule has 0 heterocycles. The average Bonchev–Trinajstić information content (AvgIpc) is 2.25. The van der Waals surface area contributed by atoms with E-state index in [0.717, 1.165) is 24.3 Å². The fourth-order valence-electron chi connectivity index (χ4n) is 2.44. The van der Waals surface area contributed by atoms with Crippen LogP contribution in [0.5, 0.6) is 0 Å². The van der Waals surface area contributed by atoms with Crippen molar-refractivity contribution in [2.24, 2.45) is 17.8 Å². The highest BCUT2D eigenvalue weighted by Crippen LogP contribution is 2.06. The SMILES string of the molecule is CC(C)CNCCCCCN(CC(C)C)CC(C)C. The van der Waals surface area contributed by atoms with Gasteiger partial charge in [-0.15, -0.1) is 0 Å². The third kappa shape index (κ3) is 14.1. The summed E-state index contributed by atoms with van der Waals surface area (Å²) in [7, 11) is 0. The van der Waals surface area contributed by atoms with Gasteiger partial charge in [-0.2, -0.15) is 0 Å². The van der Waals surface area contributed by atoms with Gasteiger partial charge in [0.25, 0.3) is 0 Å². The van der Waals surface area contributed by atoms with Gasteiger partial charge in [-0.25, -0.2) is 0 Å². The van der Waals surface area contributed by atoms with Crippen molar-refractivity contribution in [1.29, 1.82) is 0 Å². The van der Waals surface area contributed by atoms with Crippen molar-refractivity contribution >= 4 is 0 Å². The molecule has 0 aliphatic rings. The summed E-state index contributed by atoms with van der Waals surface area (Å²) in [6.07, 6.45) is 4.03. The Labute approximate surface area is 122 Å². The molecular formula is C17H38N2. The van der Waals surface area contributed by atoms with E-state index in [1.54, 1.807) is 0 Å². The summed E-state index contributed by atoms with van der Waals surface area (Å²) in [6, 6.07) is 0. The molecule has 19 heavy (non-hydrogen) atoms. The van der Waals surface area contributed by atoms with Crippen LogP contribution < -0.4 is 5.32 Å². The fourth-order valence-corrected chi connectivity index (χ4v) is 2.44. The molecule has 0 bridgehead atoms. The Balaban J connectivity index is 3.57. The second kappa shape index (κ2) is 11.7. The lowest BCUT2D eigenvalue weighted by atomic mass is 10.1. The normalized spacial score (nSPS) is 12.3. The van der Waals surface area contributed by atoms with Crippen molar-refractivity contribution in [2.75, 3.05) is 32.7 Å². The molecule has 0 aromatic carbocycles. The van der Waals surface area contributed by atoms with Crippen LogP contribution in [0, 0.1) is 17.8 Å². The van der Waals surface area contributed by atoms with Gasteiger partial charge in [-0.3, -0.25) is 0 Å². The van der Waals surface area contributed by atoms with Gasteiger partial charge < -0.3 is 10.2 Å². The molecule has 1 N–H and O–H groups in total. The van der Waals surface area contributed by atoms with Crippen molar-refractivity contribution in [3.05, 3.63) is 0 Å². The monoisotopic (exact) mass is 270 g/mol. The first-order chi connectivity index (χ1) is 8.91. The van der Waals surface area contributed by atoms with Gasteiger partial charge in [0.15, 0.2) is 0 Å². The van der Waals surface area contributed by atoms with Crippen LogP contribution in [-0.4, -0.2) is 37.6 Å². The summed E-state index contributed by atoms with van der Waals surface area (Å²) in [6.45, 7) is 20.0. The van der Waals surface area contributed by atoms with Gasteiger partial charge in [0.1, 0.15) is 0 Å². The van der Waals surface area contributed by atoms with Gasteiger partial charge in [0.05, 0.1) is 0 Å². The van der Waals surface area contributed by atoms with Crippen LogP contribution in [0.4, 0.5) is 0 Å². The fraction of sp³-hybridized carbons (Fsp3) is 1.00. The van der Waals surface area contributed by atoms with Crippen molar-refractivity contribution in [3.8, 4) is 0 Å². The molecule has 116 valence electrons. The molecule has 0 rings (SSSR count). The number of unbranched alkanes of at least 4 members (excludes halogenated alkanes) is 2. The predicted octanol–water partition coefficient (Wildman–Crippen LogP) is 4.02. The van der Waals surface area contributed by atoms with Gasteiger partial charge in [-0.05, 0) is 50.2 Å². The van der Waals surface area contributed by atoms with Crippen LogP contribution in [0.25, 0.3) is 0 Å². The van der Waals surface area contributed by atoms with E-state index in [2.05, 4.69) is 51.8 Å². The second-order valence-electron chi connectivity index (χ2n) is 7.21. The van der Waals surface area contributed by atoms with Crippen molar-refractivity contribution < 1.29 is 0 Å². The first kappa shape index (κ1) is 18.9. The van der Waals surface area contributed by atoms with E-state index in [4.69, 9.17) is 0 Å². The predicted molar refractivity (Wildman–Crippen MR) is 87.7 cm³/mol. The maximum atomic E-state index is 3.52. The lowest BCUT2D eigenvalue weighted by molar-refractivity contribution is 0.215. The first-order valence-corrected chi connectivity index (χ1v) is 8.34. The molecule has 0 radical (unpaired) electrons. The molecule has 0 atom stereocenters. The Morgan fingerprint density at radius 1 is 0.737 bits per heavy atom. The Morgan fingerprint density at radius 3 is 1.79 bits per heavy atom. The quantitative estimate of drug-likeness (QED) is 0.539. The highest BCUT2D eigenvalue weighted by Gasteiger charge is 2.08. The maximum Gasteiger partial charge on any atom is 0.000449 e. The number of hydrogen-bond acceptors (Lipinski definition) is 2. The molecule has 0 saturated heterocycles. The molecule has 2 heteroatoms. The highest BCUT2D eigenvalue weighted by molar-refractivity contribution is 4.63. The van der Waals surface area contributed by atoms with E-state index in [1.807, 2.05) is 0 Å². The first-order valence-electron chi connectivity index (χ1n) is 8.34. The van der Waals surface area contributed by atoms with E-state index in [-0.39, 0.29) is 0 Å². The molecule has 2 nitrogen and oxygen atoms in total. The number of nitrogens with zero attached hydrogens (tertiary/aromatic N) is 1. The molecular weight excluding hydrogens is 232 g/mol. The largest absolute Gasteiger partial charge is 0.316 e. The van der Waals surface area contributed by atoms with Crippen LogP contribution in [0.2, 0.25) is 0 Å². The van der Waals surface area contributed by atoms with Gasteiger partial charge in [0.2, 0.25) is 0 Å². The molecule has 0 aliphatic heterocycles. The average molecular weight is 271 g/mol. The highest BCUT2D eigenvalue weighted by atomic mass is 15.1. The molecule has 0 saturated carbocycles. The van der Waals surface area contributed by atoms with Crippen LogP contribution >= 0.6 is 0 Å². The van der Waals surface area contributed by atoms with E-state index in [9.17, 15) is 0 Å². The lowest BCUT2D eigenvalue weighted by Crippen LogP contribution is -2.32. The van der Waals surface area contributed by atoms with Crippen LogP contribution in [0.15, 0.2) is 0 Å². The Kier molecular flexibility index (Phi) is 11.7. The topological polar surface area (TPSA) is 15.3 Å². The molecule has 0 unspecified atom stereocenters. The Bertz CT molecular complexity index is 178. The van der Waals surface area contributed by atoms with Gasteiger partial charge >= 0.3 is 0 Å². The minimum atomic E-state index is 0.771. The zero-order chi connectivity index (χ0) is 14.7. The van der Waals surface area contributed by atoms with Crippen molar-refractivity contribution in [3.63, 3.8) is 0 Å². The Morgan fingerprint density at radius 2 is 1.32 bits per heavy atom. The molecule has 0 amide bonds. The standard InChI is InChI=1S/C17H38N2/c1-15(2)12-18-10-8-7-9-11-19(13-16(3)4)14-17(5)6/h15-18H,7-14H2,1-6H3. The van der Waals surface area contributed by atoms with Crippen LogP contribution in [0.3, 0.4) is 0 Å². The second-order valence-corrected chi connectivity index (χ2v) is 7.21. The van der Waals surface area contributed by atoms with E-state index in [0.29, 0.717) is 0 Å².